The standard InChI is InChI=1S/C23H25N3O2/c1-3-5-17-14-18(7-8-22(17)28-2)23(27)26-12-9-16(10-13-26)20-15-21-19(25-20)6-4-11-24-21/h3-4,6-8,11,14-16,25H,1,5,9-10,12-13H2,2H3. The molecule has 5 nitrogen and oxygen atoms in total. The van der Waals surface area contributed by atoms with Crippen LogP contribution in [0.15, 0.2) is 55.3 Å². The monoisotopic (exact) mass is 375 g/mol. The molecule has 2 aromatic heterocycles. The summed E-state index contributed by atoms with van der Waals surface area (Å²) in [6, 6.07) is 11.8. The average molecular weight is 375 g/mol. The molecule has 0 atom stereocenters. The lowest BCUT2D eigenvalue weighted by Crippen LogP contribution is -2.38. The van der Waals surface area contributed by atoms with Crippen LogP contribution in [0.1, 0.15) is 40.4 Å². The topological polar surface area (TPSA) is 58.2 Å². The first-order valence-corrected chi connectivity index (χ1v) is 9.70. The van der Waals surface area contributed by atoms with E-state index < -0.39 is 0 Å². The van der Waals surface area contributed by atoms with Gasteiger partial charge in [-0.3, -0.25) is 9.78 Å². The van der Waals surface area contributed by atoms with Crippen LogP contribution < -0.4 is 4.74 Å². The van der Waals surface area contributed by atoms with Crippen LogP contribution in [-0.2, 0) is 6.42 Å². The number of allylic oxidation sites excluding steroid dienone is 1. The van der Waals surface area contributed by atoms with Gasteiger partial charge in [-0.1, -0.05) is 6.08 Å². The molecule has 1 aromatic carbocycles. The van der Waals surface area contributed by atoms with Crippen LogP contribution in [0, 0.1) is 0 Å². The van der Waals surface area contributed by atoms with Gasteiger partial charge in [0.1, 0.15) is 5.75 Å². The van der Waals surface area contributed by atoms with E-state index in [1.54, 1.807) is 7.11 Å². The Hall–Kier alpha value is -3.08. The number of aromatic nitrogens is 2. The zero-order chi connectivity index (χ0) is 19.5. The zero-order valence-electron chi connectivity index (χ0n) is 16.1. The number of carbonyl (C=O) groups excluding carboxylic acids is 1. The van der Waals surface area contributed by atoms with Crippen LogP contribution in [0.4, 0.5) is 0 Å². The quantitative estimate of drug-likeness (QED) is 0.676. The van der Waals surface area contributed by atoms with E-state index in [0.29, 0.717) is 17.9 Å². The maximum atomic E-state index is 13.0. The molecule has 0 aliphatic carbocycles. The van der Waals surface area contributed by atoms with Crippen molar-refractivity contribution < 1.29 is 9.53 Å². The number of piperidine rings is 1. The van der Waals surface area contributed by atoms with Crippen LogP contribution in [0.5, 0.6) is 5.75 Å². The predicted molar refractivity (Wildman–Crippen MR) is 111 cm³/mol. The number of fused-ring (bicyclic) bond motifs is 1. The maximum Gasteiger partial charge on any atom is 0.253 e. The molecule has 0 bridgehead atoms. The van der Waals surface area contributed by atoms with Crippen molar-refractivity contribution in [2.45, 2.75) is 25.2 Å². The molecule has 0 saturated carbocycles. The summed E-state index contributed by atoms with van der Waals surface area (Å²) in [5.74, 6) is 1.32. The van der Waals surface area contributed by atoms with Gasteiger partial charge in [0.15, 0.2) is 0 Å². The van der Waals surface area contributed by atoms with Gasteiger partial charge >= 0.3 is 0 Å². The Bertz CT molecular complexity index is 967. The van der Waals surface area contributed by atoms with E-state index in [2.05, 4.69) is 28.7 Å². The molecule has 3 aromatic rings. The number of H-pyrrole nitrogens is 1. The van der Waals surface area contributed by atoms with Crippen LogP contribution in [-0.4, -0.2) is 41.0 Å². The van der Waals surface area contributed by atoms with Crippen LogP contribution in [0.25, 0.3) is 11.0 Å². The molecule has 4 rings (SSSR count). The normalized spacial score (nSPS) is 15.0. The molecule has 1 saturated heterocycles. The summed E-state index contributed by atoms with van der Waals surface area (Å²) in [6.45, 7) is 5.31. The van der Waals surface area contributed by atoms with Gasteiger partial charge in [0, 0.05) is 36.5 Å². The van der Waals surface area contributed by atoms with E-state index in [9.17, 15) is 4.79 Å². The first kappa shape index (κ1) is 18.3. The number of ether oxygens (including phenoxy) is 1. The minimum Gasteiger partial charge on any atom is -0.496 e. The lowest BCUT2D eigenvalue weighted by atomic mass is 9.93. The highest BCUT2D eigenvalue weighted by Gasteiger charge is 2.26. The second-order valence-corrected chi connectivity index (χ2v) is 7.25. The van der Waals surface area contributed by atoms with Gasteiger partial charge in [-0.2, -0.15) is 0 Å². The minimum atomic E-state index is 0.0877. The van der Waals surface area contributed by atoms with E-state index in [1.807, 2.05) is 41.4 Å². The van der Waals surface area contributed by atoms with Gasteiger partial charge < -0.3 is 14.6 Å². The fourth-order valence-corrected chi connectivity index (χ4v) is 4.00. The first-order valence-electron chi connectivity index (χ1n) is 9.70. The third-order valence-corrected chi connectivity index (χ3v) is 5.52. The molecule has 1 aliphatic heterocycles. The largest absolute Gasteiger partial charge is 0.496 e. The van der Waals surface area contributed by atoms with Crippen molar-refractivity contribution in [3.63, 3.8) is 0 Å². The Morgan fingerprint density at radius 1 is 1.32 bits per heavy atom. The third-order valence-electron chi connectivity index (χ3n) is 5.52. The molecule has 0 radical (unpaired) electrons. The van der Waals surface area contributed by atoms with Gasteiger partial charge in [0.25, 0.3) is 5.91 Å². The number of carbonyl (C=O) groups is 1. The van der Waals surface area contributed by atoms with Crippen molar-refractivity contribution in [3.05, 3.63) is 72.1 Å². The number of pyridine rings is 1. The number of likely N-dealkylation sites (tertiary alicyclic amines) is 1. The molecule has 1 N–H and O–H groups in total. The highest BCUT2D eigenvalue weighted by Crippen LogP contribution is 2.30. The molecule has 0 spiro atoms. The van der Waals surface area contributed by atoms with Crippen LogP contribution >= 0.6 is 0 Å². The summed E-state index contributed by atoms with van der Waals surface area (Å²) in [7, 11) is 1.65. The number of methoxy groups -OCH3 is 1. The zero-order valence-corrected chi connectivity index (χ0v) is 16.1. The van der Waals surface area contributed by atoms with Crippen molar-refractivity contribution in [1.29, 1.82) is 0 Å². The third kappa shape index (κ3) is 3.52. The molecule has 1 aliphatic rings. The lowest BCUT2D eigenvalue weighted by Gasteiger charge is -2.32. The first-order chi connectivity index (χ1) is 13.7. The Labute approximate surface area is 165 Å². The van der Waals surface area contributed by atoms with E-state index in [1.165, 1.54) is 5.69 Å². The highest BCUT2D eigenvalue weighted by molar-refractivity contribution is 5.94. The van der Waals surface area contributed by atoms with E-state index >= 15 is 0 Å². The van der Waals surface area contributed by atoms with Crippen LogP contribution in [0.2, 0.25) is 0 Å². The van der Waals surface area contributed by atoms with Crippen molar-refractivity contribution in [2.24, 2.45) is 0 Å². The highest BCUT2D eigenvalue weighted by atomic mass is 16.5. The molecule has 144 valence electrons. The number of hydrogen-bond acceptors (Lipinski definition) is 3. The summed E-state index contributed by atoms with van der Waals surface area (Å²) >= 11 is 0. The Balaban J connectivity index is 1.45. The molecular formula is C23H25N3O2. The number of amides is 1. The van der Waals surface area contributed by atoms with Crippen molar-refractivity contribution >= 4 is 16.9 Å². The Kier molecular flexibility index (Phi) is 5.15. The summed E-state index contributed by atoms with van der Waals surface area (Å²) in [4.78, 5) is 22.8. The molecule has 3 heterocycles. The number of aromatic amines is 1. The summed E-state index contributed by atoms with van der Waals surface area (Å²) in [5, 5.41) is 0. The van der Waals surface area contributed by atoms with Gasteiger partial charge in [0.2, 0.25) is 0 Å². The second-order valence-electron chi connectivity index (χ2n) is 7.25. The van der Waals surface area contributed by atoms with Gasteiger partial charge in [-0.25, -0.2) is 0 Å². The lowest BCUT2D eigenvalue weighted by molar-refractivity contribution is 0.0712. The summed E-state index contributed by atoms with van der Waals surface area (Å²) in [6.07, 6.45) is 6.23. The number of benzene rings is 1. The fraction of sp³-hybridized carbons (Fsp3) is 0.304. The van der Waals surface area contributed by atoms with E-state index in [4.69, 9.17) is 4.74 Å². The summed E-state index contributed by atoms with van der Waals surface area (Å²) < 4.78 is 5.38. The molecule has 5 heteroatoms. The van der Waals surface area contributed by atoms with Crippen molar-refractivity contribution in [3.8, 4) is 5.75 Å². The fourth-order valence-electron chi connectivity index (χ4n) is 4.00. The Morgan fingerprint density at radius 3 is 2.86 bits per heavy atom. The van der Waals surface area contributed by atoms with Gasteiger partial charge in [-0.05, 0) is 61.2 Å². The molecule has 1 fully saturated rings. The van der Waals surface area contributed by atoms with Gasteiger partial charge in [-0.15, -0.1) is 6.58 Å². The summed E-state index contributed by atoms with van der Waals surface area (Å²) in [5.41, 5.74) is 5.00. The SMILES string of the molecule is C=CCc1cc(C(=O)N2CCC(c3cc4ncccc4[nH]3)CC2)ccc1OC. The van der Waals surface area contributed by atoms with Crippen LogP contribution in [0.3, 0.4) is 0 Å². The number of nitrogens with one attached hydrogen (secondary N) is 1. The smallest absolute Gasteiger partial charge is 0.253 e. The molecular weight excluding hydrogens is 350 g/mol. The number of rotatable bonds is 5. The van der Waals surface area contributed by atoms with Gasteiger partial charge in [0.05, 0.1) is 18.1 Å². The predicted octanol–water partition coefficient (Wildman–Crippen LogP) is 4.32. The Morgan fingerprint density at radius 2 is 2.14 bits per heavy atom. The number of nitrogens with zero attached hydrogens (tertiary/aromatic N) is 2. The molecule has 28 heavy (non-hydrogen) atoms. The van der Waals surface area contributed by atoms with E-state index in [0.717, 1.165) is 48.3 Å². The average Bonchev–Trinajstić information content (AvgIpc) is 3.18. The maximum absolute atomic E-state index is 13.0. The number of hydrogen-bond donors (Lipinski definition) is 1. The second kappa shape index (κ2) is 7.89. The molecule has 1 amide bonds. The van der Waals surface area contributed by atoms with Crippen molar-refractivity contribution in [2.75, 3.05) is 20.2 Å². The molecule has 0 unspecified atom stereocenters. The van der Waals surface area contributed by atoms with Crippen molar-refractivity contribution in [1.82, 2.24) is 14.9 Å². The minimum absolute atomic E-state index is 0.0877. The van der Waals surface area contributed by atoms with E-state index in [-0.39, 0.29) is 5.91 Å².